The molecule has 3 rings (SSSR count). The molecule has 1 aromatic rings. The van der Waals surface area contributed by atoms with Crippen molar-refractivity contribution in [1.29, 1.82) is 0 Å². The third-order valence-electron chi connectivity index (χ3n) is 4.65. The summed E-state index contributed by atoms with van der Waals surface area (Å²) >= 11 is 0. The molecule has 0 radical (unpaired) electrons. The highest BCUT2D eigenvalue weighted by molar-refractivity contribution is 5.79. The number of imidazole rings is 1. The minimum absolute atomic E-state index is 0.0586. The van der Waals surface area contributed by atoms with Crippen LogP contribution in [0.2, 0.25) is 0 Å². The second-order valence-electron chi connectivity index (χ2n) is 6.13. The fraction of sp³-hybridized carbons (Fsp3) is 0.733. The van der Waals surface area contributed by atoms with Gasteiger partial charge in [-0.05, 0) is 32.2 Å². The Bertz CT molecular complexity index is 530. The highest BCUT2D eigenvalue weighted by atomic mass is 16.2. The molecule has 0 saturated carbocycles. The van der Waals surface area contributed by atoms with E-state index >= 15 is 0 Å². The molecule has 2 fully saturated rings. The highest BCUT2D eigenvalue weighted by Crippen LogP contribution is 2.21. The molecule has 0 bridgehead atoms. The molecule has 1 amide bonds. The van der Waals surface area contributed by atoms with Crippen LogP contribution in [-0.2, 0) is 11.3 Å². The Morgan fingerprint density at radius 1 is 1.19 bits per heavy atom. The fourth-order valence-corrected chi connectivity index (χ4v) is 3.43. The fourth-order valence-electron chi connectivity index (χ4n) is 3.43. The summed E-state index contributed by atoms with van der Waals surface area (Å²) in [7, 11) is 0. The summed E-state index contributed by atoms with van der Waals surface area (Å²) in [4.78, 5) is 30.9. The van der Waals surface area contributed by atoms with Gasteiger partial charge in [-0.25, -0.2) is 4.79 Å². The summed E-state index contributed by atoms with van der Waals surface area (Å²) in [6.45, 7) is 5.27. The molecule has 0 spiro atoms. The van der Waals surface area contributed by atoms with E-state index in [-0.39, 0.29) is 11.6 Å². The molecule has 2 aliphatic rings. The number of hydrogen-bond donors (Lipinski definition) is 1. The first-order chi connectivity index (χ1) is 10.2. The number of nitrogens with one attached hydrogen (secondary N) is 1. The third-order valence-corrected chi connectivity index (χ3v) is 4.65. The molecule has 6 nitrogen and oxygen atoms in total. The molecule has 1 aromatic heterocycles. The topological polar surface area (TPSA) is 61.3 Å². The van der Waals surface area contributed by atoms with Crippen molar-refractivity contribution in [2.75, 3.05) is 32.7 Å². The van der Waals surface area contributed by atoms with E-state index in [0.29, 0.717) is 12.5 Å². The largest absolute Gasteiger partial charge is 0.342 e. The standard InChI is InChI=1S/C15H24N4O2/c20-14(18-7-1-2-8-18)13-4-3-6-17(12-13)10-11-19-9-5-16-15(19)21/h5,9,13H,1-4,6-8,10-12H2,(H,16,21)/t13-/m0/s1. The lowest BCUT2D eigenvalue weighted by atomic mass is 9.96. The monoisotopic (exact) mass is 292 g/mol. The van der Waals surface area contributed by atoms with Gasteiger partial charge in [0.2, 0.25) is 5.91 Å². The second-order valence-corrected chi connectivity index (χ2v) is 6.13. The van der Waals surface area contributed by atoms with E-state index in [2.05, 4.69) is 9.88 Å². The number of piperidine rings is 1. The van der Waals surface area contributed by atoms with Gasteiger partial charge in [0.05, 0.1) is 5.92 Å². The number of H-pyrrole nitrogens is 1. The van der Waals surface area contributed by atoms with Crippen LogP contribution < -0.4 is 5.69 Å². The Balaban J connectivity index is 1.52. The quantitative estimate of drug-likeness (QED) is 0.879. The first-order valence-electron chi connectivity index (χ1n) is 7.99. The van der Waals surface area contributed by atoms with Crippen LogP contribution >= 0.6 is 0 Å². The van der Waals surface area contributed by atoms with Gasteiger partial charge in [-0.15, -0.1) is 0 Å². The lowest BCUT2D eigenvalue weighted by molar-refractivity contribution is -0.136. The Kier molecular flexibility index (Phi) is 4.43. The van der Waals surface area contributed by atoms with Crippen LogP contribution in [0.5, 0.6) is 0 Å². The average molecular weight is 292 g/mol. The SMILES string of the molecule is O=C([C@H]1CCCN(CCn2cc[nH]c2=O)C1)N1CCCC1. The number of carbonyl (C=O) groups excluding carboxylic acids is 1. The van der Waals surface area contributed by atoms with Gasteiger partial charge in [0.1, 0.15) is 0 Å². The minimum atomic E-state index is -0.0586. The Hall–Kier alpha value is -1.56. The van der Waals surface area contributed by atoms with Crippen molar-refractivity contribution in [1.82, 2.24) is 19.4 Å². The van der Waals surface area contributed by atoms with E-state index in [4.69, 9.17) is 0 Å². The van der Waals surface area contributed by atoms with Crippen molar-refractivity contribution in [2.24, 2.45) is 5.92 Å². The Morgan fingerprint density at radius 3 is 2.71 bits per heavy atom. The molecule has 21 heavy (non-hydrogen) atoms. The average Bonchev–Trinajstić information content (AvgIpc) is 3.16. The summed E-state index contributed by atoms with van der Waals surface area (Å²) in [5.74, 6) is 0.496. The summed E-state index contributed by atoms with van der Waals surface area (Å²) in [5, 5.41) is 0. The van der Waals surface area contributed by atoms with Crippen LogP contribution in [0.1, 0.15) is 25.7 Å². The van der Waals surface area contributed by atoms with Gasteiger partial charge in [-0.3, -0.25) is 9.36 Å². The van der Waals surface area contributed by atoms with Crippen LogP contribution in [0.15, 0.2) is 17.2 Å². The summed E-state index contributed by atoms with van der Waals surface area (Å²) in [6.07, 6.45) is 7.83. The predicted octanol–water partition coefficient (Wildman–Crippen LogP) is 0.511. The number of nitrogens with zero attached hydrogens (tertiary/aromatic N) is 3. The lowest BCUT2D eigenvalue weighted by Crippen LogP contribution is -2.45. The zero-order chi connectivity index (χ0) is 14.7. The molecule has 6 heteroatoms. The van der Waals surface area contributed by atoms with Crippen LogP contribution in [0.25, 0.3) is 0 Å². The second kappa shape index (κ2) is 6.47. The number of likely N-dealkylation sites (tertiary alicyclic amines) is 2. The maximum absolute atomic E-state index is 12.5. The van der Waals surface area contributed by atoms with E-state index in [1.165, 1.54) is 0 Å². The van der Waals surface area contributed by atoms with Crippen molar-refractivity contribution in [3.63, 3.8) is 0 Å². The number of aromatic nitrogens is 2. The maximum atomic E-state index is 12.5. The number of rotatable bonds is 4. The zero-order valence-corrected chi connectivity index (χ0v) is 12.5. The number of carbonyl (C=O) groups is 1. The molecule has 0 aromatic carbocycles. The van der Waals surface area contributed by atoms with E-state index in [1.807, 2.05) is 4.90 Å². The molecule has 1 atom stereocenters. The van der Waals surface area contributed by atoms with Crippen molar-refractivity contribution in [2.45, 2.75) is 32.2 Å². The van der Waals surface area contributed by atoms with Crippen LogP contribution in [0.4, 0.5) is 0 Å². The molecule has 116 valence electrons. The summed E-state index contributed by atoms with van der Waals surface area (Å²) in [5.41, 5.74) is -0.0586. The molecule has 0 aliphatic carbocycles. The van der Waals surface area contributed by atoms with Crippen molar-refractivity contribution >= 4 is 5.91 Å². The third kappa shape index (κ3) is 3.37. The van der Waals surface area contributed by atoms with Gasteiger partial charge in [0, 0.05) is 45.1 Å². The molecule has 2 aliphatic heterocycles. The number of amides is 1. The smallest absolute Gasteiger partial charge is 0.325 e. The first kappa shape index (κ1) is 14.4. The normalized spacial score (nSPS) is 23.6. The Labute approximate surface area is 124 Å². The summed E-state index contributed by atoms with van der Waals surface area (Å²) < 4.78 is 1.69. The predicted molar refractivity (Wildman–Crippen MR) is 80.0 cm³/mol. The number of hydrogen-bond acceptors (Lipinski definition) is 3. The molecular formula is C15H24N4O2. The lowest BCUT2D eigenvalue weighted by Gasteiger charge is -2.33. The van der Waals surface area contributed by atoms with Crippen LogP contribution in [0.3, 0.4) is 0 Å². The summed E-state index contributed by atoms with van der Waals surface area (Å²) in [6, 6.07) is 0. The minimum Gasteiger partial charge on any atom is -0.342 e. The highest BCUT2D eigenvalue weighted by Gasteiger charge is 2.30. The molecular weight excluding hydrogens is 268 g/mol. The van der Waals surface area contributed by atoms with Gasteiger partial charge in [-0.1, -0.05) is 0 Å². The molecule has 1 N–H and O–H groups in total. The first-order valence-corrected chi connectivity index (χ1v) is 7.99. The van der Waals surface area contributed by atoms with E-state index in [9.17, 15) is 9.59 Å². The van der Waals surface area contributed by atoms with Gasteiger partial charge < -0.3 is 14.8 Å². The molecule has 3 heterocycles. The van der Waals surface area contributed by atoms with Gasteiger partial charge in [-0.2, -0.15) is 0 Å². The van der Waals surface area contributed by atoms with E-state index in [1.54, 1.807) is 17.0 Å². The van der Waals surface area contributed by atoms with Crippen molar-refractivity contribution in [3.8, 4) is 0 Å². The number of aromatic amines is 1. The van der Waals surface area contributed by atoms with Crippen molar-refractivity contribution < 1.29 is 4.79 Å². The van der Waals surface area contributed by atoms with Gasteiger partial charge in [0.25, 0.3) is 0 Å². The molecule has 0 unspecified atom stereocenters. The van der Waals surface area contributed by atoms with Crippen LogP contribution in [0, 0.1) is 5.92 Å². The van der Waals surface area contributed by atoms with E-state index in [0.717, 1.165) is 58.4 Å². The van der Waals surface area contributed by atoms with Gasteiger partial charge in [0.15, 0.2) is 0 Å². The van der Waals surface area contributed by atoms with Crippen LogP contribution in [-0.4, -0.2) is 58.0 Å². The maximum Gasteiger partial charge on any atom is 0.325 e. The van der Waals surface area contributed by atoms with E-state index < -0.39 is 0 Å². The van der Waals surface area contributed by atoms with Gasteiger partial charge >= 0.3 is 5.69 Å². The molecule has 2 saturated heterocycles. The van der Waals surface area contributed by atoms with Crippen molar-refractivity contribution in [3.05, 3.63) is 22.9 Å². The zero-order valence-electron chi connectivity index (χ0n) is 12.5. The Morgan fingerprint density at radius 2 is 2.00 bits per heavy atom.